The first-order valence-corrected chi connectivity index (χ1v) is 11.1. The van der Waals surface area contributed by atoms with E-state index in [1.807, 2.05) is 44.2 Å². The Labute approximate surface area is 216 Å². The van der Waals surface area contributed by atoms with Crippen molar-refractivity contribution < 1.29 is 14.3 Å². The molecule has 0 unspecified atom stereocenters. The lowest BCUT2D eigenvalue weighted by Gasteiger charge is -2.07. The number of hydrogen-bond acceptors (Lipinski definition) is 12. The molecule has 6 N–H and O–H groups in total. The summed E-state index contributed by atoms with van der Waals surface area (Å²) in [6.07, 6.45) is 1.40. The summed E-state index contributed by atoms with van der Waals surface area (Å²) in [5, 5.41) is 12.5. The third-order valence-corrected chi connectivity index (χ3v) is 5.08. The zero-order valence-corrected chi connectivity index (χ0v) is 21.1. The Morgan fingerprint density at radius 2 is 1.37 bits per heavy atom. The van der Waals surface area contributed by atoms with Crippen molar-refractivity contribution in [3.63, 3.8) is 0 Å². The number of nitrogens with zero attached hydrogens (tertiary/aromatic N) is 9. The van der Waals surface area contributed by atoms with Crippen LogP contribution in [-0.2, 0) is 4.74 Å². The van der Waals surface area contributed by atoms with Gasteiger partial charge in [0.15, 0.2) is 0 Å². The second-order valence-electron chi connectivity index (χ2n) is 7.85. The zero-order chi connectivity index (χ0) is 27.4. The van der Waals surface area contributed by atoms with Crippen molar-refractivity contribution in [2.75, 3.05) is 31.4 Å². The second kappa shape index (κ2) is 10.7. The van der Waals surface area contributed by atoms with Gasteiger partial charge in [-0.2, -0.15) is 39.6 Å². The normalized spacial score (nSPS) is 10.5. The predicted octanol–water partition coefficient (Wildman–Crippen LogP) is 1.27. The van der Waals surface area contributed by atoms with Gasteiger partial charge in [-0.15, -0.1) is 0 Å². The highest BCUT2D eigenvalue weighted by Gasteiger charge is 2.17. The van der Waals surface area contributed by atoms with Crippen molar-refractivity contribution in [3.8, 4) is 23.6 Å². The minimum Gasteiger partial charge on any atom is -0.467 e. The average Bonchev–Trinajstić information content (AvgIpc) is 3.58. The van der Waals surface area contributed by atoms with Crippen molar-refractivity contribution in [2.24, 2.45) is 0 Å². The highest BCUT2D eigenvalue weighted by atomic mass is 16.5. The monoisotopic (exact) mass is 518 g/mol. The van der Waals surface area contributed by atoms with Crippen LogP contribution in [-0.4, -0.2) is 64.5 Å². The molecular formula is C23H26N12O3. The molecule has 0 aliphatic carbocycles. The molecule has 0 radical (unpaired) electrons. The van der Waals surface area contributed by atoms with E-state index >= 15 is 0 Å². The number of rotatable bonds is 5. The Kier molecular flexibility index (Phi) is 7.18. The number of carbonyl (C=O) groups excluding carboxylic acids is 1. The number of benzene rings is 1. The van der Waals surface area contributed by atoms with E-state index in [0.29, 0.717) is 11.6 Å². The van der Waals surface area contributed by atoms with Crippen LogP contribution >= 0.6 is 0 Å². The summed E-state index contributed by atoms with van der Waals surface area (Å²) in [7, 11) is 2.76. The maximum absolute atomic E-state index is 11.3. The van der Waals surface area contributed by atoms with Gasteiger partial charge in [0.1, 0.15) is 23.0 Å². The van der Waals surface area contributed by atoms with Crippen LogP contribution in [0.2, 0.25) is 0 Å². The van der Waals surface area contributed by atoms with Crippen LogP contribution in [0.3, 0.4) is 0 Å². The summed E-state index contributed by atoms with van der Waals surface area (Å²) >= 11 is 0. The van der Waals surface area contributed by atoms with Crippen molar-refractivity contribution >= 4 is 23.4 Å². The lowest BCUT2D eigenvalue weighted by Crippen LogP contribution is -2.14. The van der Waals surface area contributed by atoms with E-state index in [4.69, 9.17) is 21.9 Å². The van der Waals surface area contributed by atoms with Crippen LogP contribution in [0.4, 0.5) is 17.5 Å². The van der Waals surface area contributed by atoms with Crippen LogP contribution in [0.1, 0.15) is 21.7 Å². The topological polar surface area (TPSA) is 206 Å². The van der Waals surface area contributed by atoms with Crippen molar-refractivity contribution in [3.05, 3.63) is 65.6 Å². The molecule has 5 rings (SSSR count). The third-order valence-electron chi connectivity index (χ3n) is 5.08. The lowest BCUT2D eigenvalue weighted by atomic mass is 10.3. The summed E-state index contributed by atoms with van der Waals surface area (Å²) in [4.78, 5) is 23.9. The summed E-state index contributed by atoms with van der Waals surface area (Å²) in [5.41, 5.74) is 20.2. The van der Waals surface area contributed by atoms with Crippen molar-refractivity contribution in [1.29, 1.82) is 0 Å². The number of anilines is 3. The average molecular weight is 519 g/mol. The van der Waals surface area contributed by atoms with E-state index in [0.717, 1.165) is 17.1 Å². The molecule has 0 bridgehead atoms. The Hall–Kier alpha value is -5.47. The van der Waals surface area contributed by atoms with Gasteiger partial charge in [-0.3, -0.25) is 0 Å². The summed E-state index contributed by atoms with van der Waals surface area (Å²) < 4.78 is 14.0. The molecule has 0 amide bonds. The molecule has 0 aliphatic rings. The summed E-state index contributed by atoms with van der Waals surface area (Å²) in [6, 6.07) is 12.9. The van der Waals surface area contributed by atoms with E-state index in [9.17, 15) is 4.79 Å². The number of ether oxygens (including phenoxy) is 2. The fourth-order valence-electron chi connectivity index (χ4n) is 3.38. The largest absolute Gasteiger partial charge is 0.467 e. The number of nitrogen functional groups attached to an aromatic ring is 3. The standard InChI is InChI=1S/C12H15N9O.C11H11N3O2/c1-6-4-8(13)20(18-6)10-15-11(17-12(16-10)22-3)21-9(14)5-7(2)19-21;1-16-11(15)9-7-13-14(10(9)12)8-5-3-2-4-6-8/h4-5H,13-14H2,1-3H3;2-7H,12H2,1H3. The molecule has 196 valence electrons. The Morgan fingerprint density at radius 1 is 0.816 bits per heavy atom. The number of carbonyl (C=O) groups is 1. The first kappa shape index (κ1) is 25.6. The molecular weight excluding hydrogens is 492 g/mol. The molecule has 5 aromatic rings. The first-order valence-electron chi connectivity index (χ1n) is 11.1. The van der Waals surface area contributed by atoms with Gasteiger partial charge in [0.25, 0.3) is 11.9 Å². The zero-order valence-electron chi connectivity index (χ0n) is 21.1. The molecule has 38 heavy (non-hydrogen) atoms. The number of methoxy groups -OCH3 is 2. The van der Waals surface area contributed by atoms with Crippen LogP contribution in [0.25, 0.3) is 17.6 Å². The predicted molar refractivity (Wildman–Crippen MR) is 138 cm³/mol. The van der Waals surface area contributed by atoms with Gasteiger partial charge in [-0.25, -0.2) is 9.48 Å². The Bertz CT molecular complexity index is 1510. The number of nitrogens with two attached hydrogens (primary N) is 3. The van der Waals surface area contributed by atoms with Gasteiger partial charge in [0.05, 0.1) is 37.5 Å². The maximum Gasteiger partial charge on any atom is 0.343 e. The maximum atomic E-state index is 11.3. The third kappa shape index (κ3) is 5.20. The number of esters is 1. The van der Waals surface area contributed by atoms with Gasteiger partial charge in [0.2, 0.25) is 0 Å². The quantitative estimate of drug-likeness (QED) is 0.281. The van der Waals surface area contributed by atoms with Gasteiger partial charge < -0.3 is 26.7 Å². The number of para-hydroxylation sites is 1. The Morgan fingerprint density at radius 3 is 1.82 bits per heavy atom. The molecule has 0 atom stereocenters. The highest BCUT2D eigenvalue weighted by Crippen LogP contribution is 2.18. The first-order chi connectivity index (χ1) is 18.2. The van der Waals surface area contributed by atoms with E-state index < -0.39 is 5.97 Å². The van der Waals surface area contributed by atoms with Crippen LogP contribution < -0.4 is 21.9 Å². The Balaban J connectivity index is 0.000000186. The second-order valence-corrected chi connectivity index (χ2v) is 7.85. The molecule has 0 aliphatic heterocycles. The van der Waals surface area contributed by atoms with E-state index in [-0.39, 0.29) is 29.3 Å². The van der Waals surface area contributed by atoms with Gasteiger partial charge in [-0.05, 0) is 26.0 Å². The highest BCUT2D eigenvalue weighted by molar-refractivity contribution is 5.94. The van der Waals surface area contributed by atoms with Gasteiger partial charge in [-0.1, -0.05) is 18.2 Å². The van der Waals surface area contributed by atoms with Crippen molar-refractivity contribution in [1.82, 2.24) is 44.3 Å². The van der Waals surface area contributed by atoms with E-state index in [1.54, 1.807) is 12.1 Å². The van der Waals surface area contributed by atoms with Crippen LogP contribution in [0.5, 0.6) is 6.01 Å². The van der Waals surface area contributed by atoms with Gasteiger partial charge >= 0.3 is 12.0 Å². The SMILES string of the molecule is COC(=O)c1cnn(-c2ccccc2)c1N.COc1nc(-n2nc(C)cc2N)nc(-n2nc(C)cc2N)n1. The molecule has 15 heteroatoms. The summed E-state index contributed by atoms with van der Waals surface area (Å²) in [5.74, 6) is 1.04. The number of aromatic nitrogens is 9. The van der Waals surface area contributed by atoms with Gasteiger partial charge in [0, 0.05) is 12.1 Å². The fourth-order valence-corrected chi connectivity index (χ4v) is 3.38. The minimum atomic E-state index is -0.486. The minimum absolute atomic E-state index is 0.111. The molecule has 1 aromatic carbocycles. The van der Waals surface area contributed by atoms with E-state index in [1.165, 1.54) is 34.5 Å². The molecule has 0 fully saturated rings. The van der Waals surface area contributed by atoms with Crippen molar-refractivity contribution in [2.45, 2.75) is 13.8 Å². The van der Waals surface area contributed by atoms with Crippen LogP contribution in [0, 0.1) is 13.8 Å². The smallest absolute Gasteiger partial charge is 0.343 e. The number of aryl methyl sites for hydroxylation is 2. The van der Waals surface area contributed by atoms with Crippen LogP contribution in [0.15, 0.2) is 48.7 Å². The molecule has 0 spiro atoms. The molecule has 15 nitrogen and oxygen atoms in total. The molecule has 4 aromatic heterocycles. The molecule has 0 saturated carbocycles. The van der Waals surface area contributed by atoms with E-state index in [2.05, 4.69) is 35.0 Å². The molecule has 4 heterocycles. The number of hydrogen-bond donors (Lipinski definition) is 3. The summed E-state index contributed by atoms with van der Waals surface area (Å²) in [6.45, 7) is 3.64. The fraction of sp³-hybridized carbons (Fsp3) is 0.174. The lowest BCUT2D eigenvalue weighted by molar-refractivity contribution is 0.0602. The molecule has 0 saturated heterocycles.